The highest BCUT2D eigenvalue weighted by atomic mass is 16.5. The maximum atomic E-state index is 5.50. The van der Waals surface area contributed by atoms with Gasteiger partial charge in [-0.05, 0) is 142 Å². The smallest absolute Gasteiger partial charge is 0.119 e. The molecular weight excluding hydrogens is 829 g/mol. The summed E-state index contributed by atoms with van der Waals surface area (Å²) >= 11 is 0. The van der Waals surface area contributed by atoms with E-state index in [4.69, 9.17) is 9.47 Å². The predicted octanol–water partition coefficient (Wildman–Crippen LogP) is 16.9. The quantitative estimate of drug-likeness (QED) is 0.0903. The van der Waals surface area contributed by atoms with Gasteiger partial charge in [0.2, 0.25) is 0 Å². The average Bonchev–Trinajstić information content (AvgIpc) is 3.41. The van der Waals surface area contributed by atoms with Crippen molar-refractivity contribution in [3.05, 3.63) is 300 Å². The Morgan fingerprint density at radius 3 is 0.779 bits per heavy atom. The molecule has 0 bridgehead atoms. The molecule has 0 N–H and O–H groups in total. The normalized spacial score (nSPS) is 11.0. The van der Waals surface area contributed by atoms with Gasteiger partial charge in [-0.15, -0.1) is 0 Å². The third kappa shape index (κ3) is 10.8. The first-order chi connectivity index (χ1) is 33.6. The molecule has 0 amide bonds. The number of ether oxygens (including phenoxy) is 2. The Hall–Kier alpha value is -8.86. The van der Waals surface area contributed by atoms with E-state index in [9.17, 15) is 0 Å². The van der Waals surface area contributed by atoms with Crippen molar-refractivity contribution in [1.82, 2.24) is 0 Å². The zero-order chi connectivity index (χ0) is 46.3. The van der Waals surface area contributed by atoms with Gasteiger partial charge in [0.15, 0.2) is 0 Å². The SMILES string of the molecule is COc1ccc(N(c2ccc(OC)cc2)c2ccc(N(c3ccc(C=CC=C(c4ccccc4)c4ccccc4)cc3)c3ccc(C=CC=C(c4ccccc4)c4ccccc4)cc3)cc2)cc1. The zero-order valence-electron chi connectivity index (χ0n) is 38.3. The summed E-state index contributed by atoms with van der Waals surface area (Å²) < 4.78 is 11.0. The number of hydrogen-bond donors (Lipinski definition) is 0. The van der Waals surface area contributed by atoms with Crippen LogP contribution in [0.25, 0.3) is 23.3 Å². The lowest BCUT2D eigenvalue weighted by Crippen LogP contribution is -2.12. The number of nitrogens with zero attached hydrogens (tertiary/aromatic N) is 2. The van der Waals surface area contributed by atoms with Gasteiger partial charge >= 0.3 is 0 Å². The van der Waals surface area contributed by atoms with E-state index in [1.54, 1.807) is 14.2 Å². The van der Waals surface area contributed by atoms with E-state index in [0.717, 1.165) is 56.8 Å². The van der Waals surface area contributed by atoms with E-state index in [1.807, 2.05) is 24.3 Å². The number of allylic oxidation sites excluding steroid dienone is 4. The Morgan fingerprint density at radius 1 is 0.294 bits per heavy atom. The minimum atomic E-state index is 0.804. The average molecular weight is 881 g/mol. The van der Waals surface area contributed by atoms with E-state index in [1.165, 1.54) is 33.4 Å². The van der Waals surface area contributed by atoms with Gasteiger partial charge in [0.05, 0.1) is 14.2 Å². The fraction of sp³-hybridized carbons (Fsp3) is 0.0312. The second-order valence-electron chi connectivity index (χ2n) is 16.1. The van der Waals surface area contributed by atoms with Crippen LogP contribution in [-0.2, 0) is 0 Å². The maximum Gasteiger partial charge on any atom is 0.119 e. The first-order valence-electron chi connectivity index (χ1n) is 22.8. The molecule has 0 atom stereocenters. The Kier molecular flexibility index (Phi) is 14.3. The van der Waals surface area contributed by atoms with Gasteiger partial charge in [-0.1, -0.05) is 182 Å². The standard InChI is InChI=1S/C64H52N2O2/c1-67-61-45-41-59(42-46-61)66(60-43-47-62(68-2)48-44-60)58-39-37-57(38-40-58)65(55-33-29-49(30-34-55)17-15-27-63(51-19-7-3-8-20-51)52-21-9-4-10-22-52)56-35-31-50(32-36-56)18-16-28-64(53-23-11-5-12-24-53)54-25-13-6-14-26-54/h3-48H,1-2H3. The highest BCUT2D eigenvalue weighted by molar-refractivity contribution is 5.84. The third-order valence-electron chi connectivity index (χ3n) is 11.8. The molecule has 0 spiro atoms. The summed E-state index contributed by atoms with van der Waals surface area (Å²) in [4.78, 5) is 4.54. The van der Waals surface area contributed by atoms with Crippen LogP contribution in [0.4, 0.5) is 34.1 Å². The number of benzene rings is 9. The Labute approximate surface area is 401 Å². The van der Waals surface area contributed by atoms with Crippen LogP contribution in [0.2, 0.25) is 0 Å². The van der Waals surface area contributed by atoms with Crippen molar-refractivity contribution in [3.63, 3.8) is 0 Å². The molecule has 9 rings (SSSR count). The van der Waals surface area contributed by atoms with Gasteiger partial charge in [-0.25, -0.2) is 0 Å². The Morgan fingerprint density at radius 2 is 0.529 bits per heavy atom. The molecule has 0 aliphatic rings. The van der Waals surface area contributed by atoms with E-state index < -0.39 is 0 Å². The topological polar surface area (TPSA) is 24.9 Å². The molecule has 9 aromatic rings. The molecule has 0 aromatic heterocycles. The number of hydrogen-bond acceptors (Lipinski definition) is 4. The summed E-state index contributed by atoms with van der Waals surface area (Å²) in [5, 5.41) is 0. The van der Waals surface area contributed by atoms with Gasteiger partial charge in [-0.3, -0.25) is 0 Å². The predicted molar refractivity (Wildman–Crippen MR) is 287 cm³/mol. The molecule has 0 saturated carbocycles. The van der Waals surface area contributed by atoms with Crippen molar-refractivity contribution in [1.29, 1.82) is 0 Å². The van der Waals surface area contributed by atoms with Crippen LogP contribution >= 0.6 is 0 Å². The lowest BCUT2D eigenvalue weighted by molar-refractivity contribution is 0.415. The summed E-state index contributed by atoms with van der Waals surface area (Å²) in [6.07, 6.45) is 13.0. The van der Waals surface area contributed by atoms with E-state index in [-0.39, 0.29) is 0 Å². The largest absolute Gasteiger partial charge is 0.497 e. The minimum Gasteiger partial charge on any atom is -0.497 e. The van der Waals surface area contributed by atoms with Crippen LogP contribution in [0.15, 0.2) is 267 Å². The fourth-order valence-corrected chi connectivity index (χ4v) is 8.28. The van der Waals surface area contributed by atoms with Crippen LogP contribution in [0, 0.1) is 0 Å². The molecule has 330 valence electrons. The number of anilines is 6. The second-order valence-corrected chi connectivity index (χ2v) is 16.1. The van der Waals surface area contributed by atoms with Crippen LogP contribution in [-0.4, -0.2) is 14.2 Å². The van der Waals surface area contributed by atoms with Crippen molar-refractivity contribution >= 4 is 57.4 Å². The summed E-state index contributed by atoms with van der Waals surface area (Å²) in [6.45, 7) is 0. The number of rotatable bonds is 16. The van der Waals surface area contributed by atoms with Gasteiger partial charge < -0.3 is 19.3 Å². The van der Waals surface area contributed by atoms with E-state index in [0.29, 0.717) is 0 Å². The minimum absolute atomic E-state index is 0.804. The molecular formula is C64H52N2O2. The lowest BCUT2D eigenvalue weighted by atomic mass is 9.97. The highest BCUT2D eigenvalue weighted by Gasteiger charge is 2.17. The van der Waals surface area contributed by atoms with Crippen LogP contribution in [0.5, 0.6) is 11.5 Å². The van der Waals surface area contributed by atoms with Crippen LogP contribution < -0.4 is 19.3 Å². The molecule has 0 aliphatic heterocycles. The molecule has 9 aromatic carbocycles. The molecule has 0 unspecified atom stereocenters. The van der Waals surface area contributed by atoms with Crippen molar-refractivity contribution in [2.45, 2.75) is 0 Å². The fourth-order valence-electron chi connectivity index (χ4n) is 8.28. The molecule has 68 heavy (non-hydrogen) atoms. The monoisotopic (exact) mass is 880 g/mol. The second kappa shape index (κ2) is 21.9. The first-order valence-corrected chi connectivity index (χ1v) is 22.8. The van der Waals surface area contributed by atoms with Gasteiger partial charge in [0, 0.05) is 34.1 Å². The van der Waals surface area contributed by atoms with Crippen LogP contribution in [0.3, 0.4) is 0 Å². The van der Waals surface area contributed by atoms with Crippen LogP contribution in [0.1, 0.15) is 33.4 Å². The summed E-state index contributed by atoms with van der Waals surface area (Å²) in [7, 11) is 3.38. The van der Waals surface area contributed by atoms with Crippen molar-refractivity contribution in [3.8, 4) is 11.5 Å². The Bertz CT molecular complexity index is 2830. The molecule has 0 aliphatic carbocycles. The van der Waals surface area contributed by atoms with Crippen molar-refractivity contribution in [2.75, 3.05) is 24.0 Å². The van der Waals surface area contributed by atoms with E-state index in [2.05, 4.69) is 265 Å². The number of methoxy groups -OCH3 is 2. The molecule has 0 heterocycles. The summed E-state index contributed by atoms with van der Waals surface area (Å²) in [5.74, 6) is 1.61. The molecule has 4 nitrogen and oxygen atoms in total. The summed E-state index contributed by atoms with van der Waals surface area (Å²) in [5.41, 5.74) is 15.4. The highest BCUT2D eigenvalue weighted by Crippen LogP contribution is 2.40. The third-order valence-corrected chi connectivity index (χ3v) is 11.8. The molecule has 4 heteroatoms. The van der Waals surface area contributed by atoms with Crippen molar-refractivity contribution in [2.24, 2.45) is 0 Å². The molecule has 0 fully saturated rings. The van der Waals surface area contributed by atoms with Gasteiger partial charge in [0.25, 0.3) is 0 Å². The molecule has 0 saturated heterocycles. The lowest BCUT2D eigenvalue weighted by Gasteiger charge is -2.28. The molecule has 0 radical (unpaired) electrons. The summed E-state index contributed by atoms with van der Waals surface area (Å²) in [6, 6.07) is 84.7. The van der Waals surface area contributed by atoms with Crippen molar-refractivity contribution < 1.29 is 9.47 Å². The Balaban J connectivity index is 1.05. The zero-order valence-corrected chi connectivity index (χ0v) is 38.3. The van der Waals surface area contributed by atoms with E-state index >= 15 is 0 Å². The van der Waals surface area contributed by atoms with Gasteiger partial charge in [-0.2, -0.15) is 0 Å². The maximum absolute atomic E-state index is 5.50. The first kappa shape index (κ1) is 44.3. The van der Waals surface area contributed by atoms with Gasteiger partial charge in [0.1, 0.15) is 11.5 Å².